The molecule has 0 unspecified atom stereocenters. The molecule has 0 radical (unpaired) electrons. The molecule has 130 valence electrons. The number of carbonyl (C=O) groups is 2. The second kappa shape index (κ2) is 8.70. The van der Waals surface area contributed by atoms with E-state index in [0.717, 1.165) is 5.56 Å². The summed E-state index contributed by atoms with van der Waals surface area (Å²) in [4.78, 5) is 25.3. The molecule has 4 nitrogen and oxygen atoms in total. The number of benzene rings is 2. The highest BCUT2D eigenvalue weighted by atomic mass is 35.5. The van der Waals surface area contributed by atoms with Gasteiger partial charge >= 0.3 is 0 Å². The van der Waals surface area contributed by atoms with E-state index in [-0.39, 0.29) is 11.8 Å². The van der Waals surface area contributed by atoms with Crippen molar-refractivity contribution in [1.29, 1.82) is 0 Å². The zero-order valence-corrected chi connectivity index (χ0v) is 15.4. The Morgan fingerprint density at radius 3 is 2.20 bits per heavy atom. The fourth-order valence-electron chi connectivity index (χ4n) is 2.10. The van der Waals surface area contributed by atoms with Gasteiger partial charge < -0.3 is 10.2 Å². The van der Waals surface area contributed by atoms with Gasteiger partial charge in [-0.25, -0.2) is 0 Å². The van der Waals surface area contributed by atoms with Crippen LogP contribution in [0.25, 0.3) is 6.08 Å². The van der Waals surface area contributed by atoms with E-state index in [1.165, 1.54) is 11.0 Å². The van der Waals surface area contributed by atoms with Crippen molar-refractivity contribution < 1.29 is 9.59 Å². The molecule has 2 amide bonds. The first-order chi connectivity index (χ1) is 11.9. The summed E-state index contributed by atoms with van der Waals surface area (Å²) in [5.74, 6) is -0.320. The second-order valence-electron chi connectivity index (χ2n) is 5.58. The van der Waals surface area contributed by atoms with Crippen molar-refractivity contribution in [3.8, 4) is 0 Å². The van der Waals surface area contributed by atoms with Gasteiger partial charge in [-0.2, -0.15) is 0 Å². The van der Waals surface area contributed by atoms with E-state index in [0.29, 0.717) is 27.7 Å². The van der Waals surface area contributed by atoms with E-state index in [4.69, 9.17) is 23.2 Å². The number of hydrogen-bond acceptors (Lipinski definition) is 2. The summed E-state index contributed by atoms with van der Waals surface area (Å²) in [6.45, 7) is 0.357. The molecular weight excluding hydrogens is 359 g/mol. The van der Waals surface area contributed by atoms with Crippen molar-refractivity contribution in [2.24, 2.45) is 0 Å². The number of hydrogen-bond donors (Lipinski definition) is 1. The number of rotatable bonds is 5. The molecule has 25 heavy (non-hydrogen) atoms. The highest BCUT2D eigenvalue weighted by Crippen LogP contribution is 2.25. The van der Waals surface area contributed by atoms with Crippen LogP contribution in [-0.4, -0.2) is 30.8 Å². The first-order valence-corrected chi connectivity index (χ1v) is 8.34. The van der Waals surface area contributed by atoms with Crippen LogP contribution in [0.2, 0.25) is 10.0 Å². The Morgan fingerprint density at radius 1 is 1.04 bits per heavy atom. The van der Waals surface area contributed by atoms with Crippen molar-refractivity contribution >= 4 is 41.1 Å². The minimum absolute atomic E-state index is 0.0601. The highest BCUT2D eigenvalue weighted by Gasteiger charge is 2.07. The van der Waals surface area contributed by atoms with Gasteiger partial charge in [0, 0.05) is 47.9 Å². The first-order valence-electron chi connectivity index (χ1n) is 7.59. The third-order valence-corrected chi connectivity index (χ3v) is 4.13. The number of amides is 2. The van der Waals surface area contributed by atoms with Gasteiger partial charge in [0.1, 0.15) is 0 Å². The molecule has 2 aromatic rings. The molecule has 2 aromatic carbocycles. The molecule has 0 aromatic heterocycles. The summed E-state index contributed by atoms with van der Waals surface area (Å²) in [5, 5.41) is 3.74. The van der Waals surface area contributed by atoms with Crippen LogP contribution in [0.4, 0.5) is 0 Å². The first kappa shape index (κ1) is 19.0. The van der Waals surface area contributed by atoms with Gasteiger partial charge in [0.25, 0.3) is 5.91 Å². The van der Waals surface area contributed by atoms with Gasteiger partial charge in [0.2, 0.25) is 5.91 Å². The third kappa shape index (κ3) is 5.34. The number of carbonyl (C=O) groups excluding carboxylic acids is 2. The minimum Gasteiger partial charge on any atom is -0.348 e. The van der Waals surface area contributed by atoms with E-state index in [1.54, 1.807) is 50.5 Å². The number of nitrogens with one attached hydrogen (secondary N) is 1. The summed E-state index contributed by atoms with van der Waals surface area (Å²) >= 11 is 12.1. The van der Waals surface area contributed by atoms with Crippen molar-refractivity contribution in [3.63, 3.8) is 0 Å². The van der Waals surface area contributed by atoms with E-state index < -0.39 is 0 Å². The Labute approximate surface area is 157 Å². The molecule has 0 spiro atoms. The normalized spacial score (nSPS) is 10.7. The molecular formula is C19H18Cl2N2O2. The maximum Gasteiger partial charge on any atom is 0.253 e. The minimum atomic E-state index is -0.260. The quantitative estimate of drug-likeness (QED) is 0.800. The Balaban J connectivity index is 1.94. The van der Waals surface area contributed by atoms with E-state index in [1.807, 2.05) is 12.1 Å². The summed E-state index contributed by atoms with van der Waals surface area (Å²) in [6, 6.07) is 12.3. The average Bonchev–Trinajstić information content (AvgIpc) is 2.59. The fraction of sp³-hybridized carbons (Fsp3) is 0.158. The molecule has 0 saturated carbocycles. The van der Waals surface area contributed by atoms with E-state index in [9.17, 15) is 9.59 Å². The van der Waals surface area contributed by atoms with Gasteiger partial charge in [0.15, 0.2) is 0 Å². The van der Waals surface area contributed by atoms with Crippen LogP contribution in [0, 0.1) is 0 Å². The highest BCUT2D eigenvalue weighted by molar-refractivity contribution is 6.37. The SMILES string of the molecule is CN(C)C(=O)c1ccc(CNC(=O)/C=C/c2c(Cl)cccc2Cl)cc1. The van der Waals surface area contributed by atoms with Crippen molar-refractivity contribution in [2.75, 3.05) is 14.1 Å². The maximum atomic E-state index is 11.9. The molecule has 0 aliphatic carbocycles. The molecule has 0 atom stereocenters. The molecule has 2 rings (SSSR count). The van der Waals surface area contributed by atoms with Crippen LogP contribution < -0.4 is 5.32 Å². The van der Waals surface area contributed by atoms with E-state index in [2.05, 4.69) is 5.32 Å². The lowest BCUT2D eigenvalue weighted by atomic mass is 10.1. The molecule has 0 fully saturated rings. The molecule has 6 heteroatoms. The second-order valence-corrected chi connectivity index (χ2v) is 6.40. The van der Waals surface area contributed by atoms with Gasteiger partial charge in [-0.3, -0.25) is 9.59 Å². The Bertz CT molecular complexity index is 779. The topological polar surface area (TPSA) is 49.4 Å². The molecule has 0 aliphatic rings. The van der Waals surface area contributed by atoms with Gasteiger partial charge in [0.05, 0.1) is 0 Å². The molecule has 0 aliphatic heterocycles. The Kier molecular flexibility index (Phi) is 6.62. The van der Waals surface area contributed by atoms with Gasteiger partial charge in [-0.05, 0) is 35.9 Å². The summed E-state index contributed by atoms with van der Waals surface area (Å²) < 4.78 is 0. The van der Waals surface area contributed by atoms with Crippen LogP contribution in [0.15, 0.2) is 48.5 Å². The van der Waals surface area contributed by atoms with Crippen LogP contribution in [0.1, 0.15) is 21.5 Å². The van der Waals surface area contributed by atoms with Crippen LogP contribution in [-0.2, 0) is 11.3 Å². The zero-order chi connectivity index (χ0) is 18.4. The van der Waals surface area contributed by atoms with Crippen molar-refractivity contribution in [1.82, 2.24) is 10.2 Å². The zero-order valence-electron chi connectivity index (χ0n) is 13.9. The molecule has 1 N–H and O–H groups in total. The lowest BCUT2D eigenvalue weighted by Crippen LogP contribution is -2.22. The smallest absolute Gasteiger partial charge is 0.253 e. The number of nitrogens with zero attached hydrogens (tertiary/aromatic N) is 1. The van der Waals surface area contributed by atoms with Crippen LogP contribution >= 0.6 is 23.2 Å². The van der Waals surface area contributed by atoms with Gasteiger partial charge in [-0.1, -0.05) is 41.4 Å². The monoisotopic (exact) mass is 376 g/mol. The Morgan fingerprint density at radius 2 is 1.64 bits per heavy atom. The summed E-state index contributed by atoms with van der Waals surface area (Å²) in [5.41, 5.74) is 2.11. The van der Waals surface area contributed by atoms with Crippen LogP contribution in [0.3, 0.4) is 0 Å². The number of halogens is 2. The standard InChI is InChI=1S/C19H18Cl2N2O2/c1-23(2)19(25)14-8-6-13(7-9-14)12-22-18(24)11-10-15-16(20)4-3-5-17(15)21/h3-11H,12H2,1-2H3,(H,22,24)/b11-10+. The lowest BCUT2D eigenvalue weighted by molar-refractivity contribution is -0.116. The van der Waals surface area contributed by atoms with Crippen molar-refractivity contribution in [2.45, 2.75) is 6.54 Å². The van der Waals surface area contributed by atoms with E-state index >= 15 is 0 Å². The predicted octanol–water partition coefficient (Wildman–Crippen LogP) is 4.02. The third-order valence-electron chi connectivity index (χ3n) is 3.47. The summed E-state index contributed by atoms with van der Waals surface area (Å²) in [6.07, 6.45) is 2.97. The lowest BCUT2D eigenvalue weighted by Gasteiger charge is -2.10. The summed E-state index contributed by atoms with van der Waals surface area (Å²) in [7, 11) is 3.40. The molecule has 0 bridgehead atoms. The fourth-order valence-corrected chi connectivity index (χ4v) is 2.62. The average molecular weight is 377 g/mol. The largest absolute Gasteiger partial charge is 0.348 e. The molecule has 0 saturated heterocycles. The predicted molar refractivity (Wildman–Crippen MR) is 102 cm³/mol. The van der Waals surface area contributed by atoms with Crippen LogP contribution in [0.5, 0.6) is 0 Å². The van der Waals surface area contributed by atoms with Gasteiger partial charge in [-0.15, -0.1) is 0 Å². The Hall–Kier alpha value is -2.30. The maximum absolute atomic E-state index is 11.9. The van der Waals surface area contributed by atoms with Crippen molar-refractivity contribution in [3.05, 3.63) is 75.3 Å². The molecule has 0 heterocycles.